The van der Waals surface area contributed by atoms with E-state index in [-0.39, 0.29) is 27.4 Å². The van der Waals surface area contributed by atoms with Crippen molar-refractivity contribution < 1.29 is 13.2 Å². The maximum atomic E-state index is 12.4. The van der Waals surface area contributed by atoms with Crippen molar-refractivity contribution in [2.24, 2.45) is 0 Å². The first kappa shape index (κ1) is 15.8. The Hall–Kier alpha value is -2.10. The van der Waals surface area contributed by atoms with Gasteiger partial charge < -0.3 is 4.74 Å². The van der Waals surface area contributed by atoms with Crippen molar-refractivity contribution in [1.82, 2.24) is 19.6 Å². The van der Waals surface area contributed by atoms with Gasteiger partial charge in [0.1, 0.15) is 0 Å². The van der Waals surface area contributed by atoms with Crippen molar-refractivity contribution >= 4 is 44.7 Å². The van der Waals surface area contributed by atoms with Crippen LogP contribution in [0.1, 0.15) is 0 Å². The second-order valence-corrected chi connectivity index (χ2v) is 6.70. The minimum absolute atomic E-state index is 0.0558. The van der Waals surface area contributed by atoms with Crippen LogP contribution in [0.4, 0.5) is 5.69 Å². The predicted octanol–water partition coefficient (Wildman–Crippen LogP) is 2.24. The second-order valence-electron chi connectivity index (χ2n) is 4.31. The minimum Gasteiger partial charge on any atom is -0.481 e. The Morgan fingerprint density at radius 3 is 2.52 bits per heavy atom. The summed E-state index contributed by atoms with van der Waals surface area (Å²) < 4.78 is 33.2. The van der Waals surface area contributed by atoms with Crippen LogP contribution in [0.3, 0.4) is 0 Å². The number of methoxy groups -OCH3 is 1. The van der Waals surface area contributed by atoms with Crippen LogP contribution in [0.15, 0.2) is 35.6 Å². The summed E-state index contributed by atoms with van der Waals surface area (Å²) in [6.45, 7) is 0. The number of nitrogens with one attached hydrogen (secondary N) is 1. The molecule has 8 nitrogen and oxygen atoms in total. The molecule has 23 heavy (non-hydrogen) atoms. The molecule has 2 aromatic heterocycles. The Balaban J connectivity index is 2.02. The van der Waals surface area contributed by atoms with Gasteiger partial charge >= 0.3 is 0 Å². The molecule has 0 saturated carbocycles. The van der Waals surface area contributed by atoms with Gasteiger partial charge in [0.05, 0.1) is 22.8 Å². The van der Waals surface area contributed by atoms with Crippen molar-refractivity contribution in [2.45, 2.75) is 5.16 Å². The molecule has 3 aromatic rings. The van der Waals surface area contributed by atoms with E-state index in [2.05, 4.69) is 19.8 Å². The van der Waals surface area contributed by atoms with E-state index >= 15 is 0 Å². The van der Waals surface area contributed by atoms with E-state index in [1.165, 1.54) is 36.0 Å². The van der Waals surface area contributed by atoms with Crippen LogP contribution in [-0.4, -0.2) is 35.1 Å². The number of para-hydroxylation sites is 1. The lowest BCUT2D eigenvalue weighted by Crippen LogP contribution is -2.15. The number of halogens is 2. The maximum Gasteiger partial charge on any atom is 0.299 e. The molecule has 0 saturated heterocycles. The topological polar surface area (TPSA) is 98.5 Å². The van der Waals surface area contributed by atoms with Gasteiger partial charge in [0.25, 0.3) is 21.0 Å². The van der Waals surface area contributed by atoms with Gasteiger partial charge in [-0.25, -0.2) is 4.52 Å². The smallest absolute Gasteiger partial charge is 0.299 e. The summed E-state index contributed by atoms with van der Waals surface area (Å²) in [4.78, 5) is 7.87. The summed E-state index contributed by atoms with van der Waals surface area (Å²) in [5, 5.41) is 3.72. The summed E-state index contributed by atoms with van der Waals surface area (Å²) in [6.07, 6.45) is 1.48. The van der Waals surface area contributed by atoms with Crippen LogP contribution in [0.2, 0.25) is 10.0 Å². The van der Waals surface area contributed by atoms with Crippen molar-refractivity contribution in [1.29, 1.82) is 0 Å². The standard InChI is InChI=1S/C12H9Cl2N5O3S/c1-22-9-5-6-19-11(15-9)16-12(17-19)23(20,21)18-10-7(13)3-2-4-8(10)14/h2-6,18H,1H3. The number of hydrogen-bond donors (Lipinski definition) is 1. The summed E-state index contributed by atoms with van der Waals surface area (Å²) in [5.74, 6) is 0.367. The maximum absolute atomic E-state index is 12.4. The number of anilines is 1. The van der Waals surface area contributed by atoms with Crippen molar-refractivity contribution in [3.8, 4) is 5.88 Å². The van der Waals surface area contributed by atoms with Crippen molar-refractivity contribution in [3.63, 3.8) is 0 Å². The molecule has 0 amide bonds. The van der Waals surface area contributed by atoms with E-state index in [0.717, 1.165) is 0 Å². The van der Waals surface area contributed by atoms with Crippen LogP contribution < -0.4 is 9.46 Å². The lowest BCUT2D eigenvalue weighted by Gasteiger charge is -2.08. The average Bonchev–Trinajstić information content (AvgIpc) is 2.95. The molecule has 1 aromatic carbocycles. The number of rotatable bonds is 4. The van der Waals surface area contributed by atoms with Crippen LogP contribution in [-0.2, 0) is 10.0 Å². The summed E-state index contributed by atoms with van der Waals surface area (Å²) in [5.41, 5.74) is 0.0558. The molecule has 1 N–H and O–H groups in total. The molecular weight excluding hydrogens is 365 g/mol. The highest BCUT2D eigenvalue weighted by molar-refractivity contribution is 7.92. The number of nitrogens with zero attached hydrogens (tertiary/aromatic N) is 4. The fraction of sp³-hybridized carbons (Fsp3) is 0.0833. The summed E-state index contributed by atoms with van der Waals surface area (Å²) >= 11 is 11.9. The average molecular weight is 374 g/mol. The molecule has 0 atom stereocenters. The molecular formula is C12H9Cl2N5O3S. The molecule has 0 unspecified atom stereocenters. The molecule has 0 aliphatic carbocycles. The zero-order valence-electron chi connectivity index (χ0n) is 11.6. The number of benzene rings is 1. The first-order valence-corrected chi connectivity index (χ1v) is 8.39. The van der Waals surface area contributed by atoms with Crippen molar-refractivity contribution in [3.05, 3.63) is 40.5 Å². The van der Waals surface area contributed by atoms with Crippen LogP contribution >= 0.6 is 23.2 Å². The molecule has 0 spiro atoms. The Morgan fingerprint density at radius 1 is 1.17 bits per heavy atom. The molecule has 0 aliphatic rings. The van der Waals surface area contributed by atoms with Gasteiger partial charge in [-0.05, 0) is 12.1 Å². The first-order chi connectivity index (χ1) is 10.9. The minimum atomic E-state index is -4.08. The highest BCUT2D eigenvalue weighted by Gasteiger charge is 2.23. The van der Waals surface area contributed by atoms with Gasteiger partial charge in [0.15, 0.2) is 0 Å². The summed E-state index contributed by atoms with van der Waals surface area (Å²) in [6, 6.07) is 6.14. The van der Waals surface area contributed by atoms with E-state index in [0.29, 0.717) is 0 Å². The Morgan fingerprint density at radius 2 is 1.87 bits per heavy atom. The number of hydrogen-bond acceptors (Lipinski definition) is 6. The number of aromatic nitrogens is 4. The number of ether oxygens (including phenoxy) is 1. The van der Waals surface area contributed by atoms with Crippen LogP contribution in [0.25, 0.3) is 5.78 Å². The largest absolute Gasteiger partial charge is 0.481 e. The number of sulfonamides is 1. The second kappa shape index (κ2) is 5.84. The first-order valence-electron chi connectivity index (χ1n) is 6.15. The zero-order valence-corrected chi connectivity index (χ0v) is 13.9. The van der Waals surface area contributed by atoms with E-state index in [4.69, 9.17) is 27.9 Å². The van der Waals surface area contributed by atoms with Crippen LogP contribution in [0.5, 0.6) is 5.88 Å². The molecule has 2 heterocycles. The molecule has 3 rings (SSSR count). The molecule has 11 heteroatoms. The highest BCUT2D eigenvalue weighted by Crippen LogP contribution is 2.31. The Labute approximate surface area is 141 Å². The fourth-order valence-electron chi connectivity index (χ4n) is 1.75. The van der Waals surface area contributed by atoms with Crippen LogP contribution in [0, 0.1) is 0 Å². The monoisotopic (exact) mass is 373 g/mol. The van der Waals surface area contributed by atoms with Gasteiger partial charge in [0.2, 0.25) is 5.88 Å². The third kappa shape index (κ3) is 3.03. The highest BCUT2D eigenvalue weighted by atomic mass is 35.5. The lowest BCUT2D eigenvalue weighted by atomic mass is 10.3. The summed E-state index contributed by atoms with van der Waals surface area (Å²) in [7, 11) is -2.64. The van der Waals surface area contributed by atoms with E-state index in [9.17, 15) is 8.42 Å². The van der Waals surface area contributed by atoms with E-state index in [1.807, 2.05) is 0 Å². The third-order valence-electron chi connectivity index (χ3n) is 2.81. The number of fused-ring (bicyclic) bond motifs is 1. The quantitative estimate of drug-likeness (QED) is 0.752. The molecule has 0 radical (unpaired) electrons. The Bertz CT molecular complexity index is 969. The molecule has 0 aliphatic heterocycles. The van der Waals surface area contributed by atoms with Gasteiger partial charge in [0, 0.05) is 12.3 Å². The third-order valence-corrected chi connectivity index (χ3v) is 4.57. The van der Waals surface area contributed by atoms with E-state index < -0.39 is 15.2 Å². The van der Waals surface area contributed by atoms with E-state index in [1.54, 1.807) is 6.07 Å². The fourth-order valence-corrected chi connectivity index (χ4v) is 3.33. The molecule has 0 bridgehead atoms. The van der Waals surface area contributed by atoms with Gasteiger partial charge in [-0.3, -0.25) is 4.72 Å². The van der Waals surface area contributed by atoms with Gasteiger partial charge in [-0.15, -0.1) is 5.10 Å². The molecule has 0 fully saturated rings. The van der Waals surface area contributed by atoms with Crippen molar-refractivity contribution in [2.75, 3.05) is 11.8 Å². The molecule has 120 valence electrons. The van der Waals surface area contributed by atoms with Gasteiger partial charge in [-0.1, -0.05) is 29.3 Å². The SMILES string of the molecule is COc1ccn2nc(S(=O)(=O)Nc3c(Cl)cccc3Cl)nc2n1. The zero-order chi connectivity index (χ0) is 16.6. The Kier molecular flexibility index (Phi) is 4.00. The van der Waals surface area contributed by atoms with Gasteiger partial charge in [-0.2, -0.15) is 18.4 Å². The lowest BCUT2D eigenvalue weighted by molar-refractivity contribution is 0.397. The normalized spacial score (nSPS) is 11.6. The predicted molar refractivity (Wildman–Crippen MR) is 84.6 cm³/mol.